The van der Waals surface area contributed by atoms with Crippen molar-refractivity contribution in [3.8, 4) is 0 Å². The van der Waals surface area contributed by atoms with Crippen LogP contribution in [0.5, 0.6) is 0 Å². The van der Waals surface area contributed by atoms with E-state index in [1.165, 1.54) is 0 Å². The minimum atomic E-state index is -0.126. The second-order valence-corrected chi connectivity index (χ2v) is 3.88. The average molecular weight is 176 g/mol. The van der Waals surface area contributed by atoms with E-state index >= 15 is 0 Å². The van der Waals surface area contributed by atoms with E-state index in [2.05, 4.69) is 11.1 Å². The Morgan fingerprint density at radius 3 is 2.85 bits per heavy atom. The van der Waals surface area contributed by atoms with Crippen LogP contribution >= 0.6 is 0 Å². The van der Waals surface area contributed by atoms with Crippen LogP contribution in [0.3, 0.4) is 0 Å². The van der Waals surface area contributed by atoms with E-state index in [4.69, 9.17) is 5.73 Å². The van der Waals surface area contributed by atoms with E-state index in [9.17, 15) is 0 Å². The minimum absolute atomic E-state index is 0.126. The van der Waals surface area contributed by atoms with Crippen LogP contribution in [0.4, 0.5) is 0 Å². The fourth-order valence-corrected chi connectivity index (χ4v) is 0.973. The lowest BCUT2D eigenvalue weighted by Crippen LogP contribution is -2.30. The molecular weight excluding hydrogens is 160 g/mol. The van der Waals surface area contributed by atoms with Crippen molar-refractivity contribution in [2.45, 2.75) is 25.8 Å². The smallest absolute Gasteiger partial charge is 0.0340 e. The lowest BCUT2D eigenvalue weighted by Gasteiger charge is -2.14. The first-order valence-electron chi connectivity index (χ1n) is 4.43. The van der Waals surface area contributed by atoms with Crippen LogP contribution < -0.4 is 5.73 Å². The average Bonchev–Trinajstić information content (AvgIpc) is 2.04. The first kappa shape index (κ1) is 9.93. The lowest BCUT2D eigenvalue weighted by molar-refractivity contribution is 0.528. The number of nitrogens with zero attached hydrogens (tertiary/aromatic N) is 1. The standard InChI is InChI=1S/C11H16N2/c1-11(2,12)7-3-5-10-6-4-8-13-9-10/h3-6,8-9H,7,12H2,1-2H3. The largest absolute Gasteiger partial charge is 0.325 e. The Kier molecular flexibility index (Phi) is 3.20. The second-order valence-electron chi connectivity index (χ2n) is 3.88. The molecule has 1 rings (SSSR count). The maximum absolute atomic E-state index is 5.83. The van der Waals surface area contributed by atoms with E-state index in [0.29, 0.717) is 0 Å². The van der Waals surface area contributed by atoms with Gasteiger partial charge in [-0.25, -0.2) is 0 Å². The molecule has 0 bridgehead atoms. The van der Waals surface area contributed by atoms with Crippen molar-refractivity contribution in [2.24, 2.45) is 5.73 Å². The van der Waals surface area contributed by atoms with Gasteiger partial charge >= 0.3 is 0 Å². The van der Waals surface area contributed by atoms with Crippen molar-refractivity contribution in [3.63, 3.8) is 0 Å². The summed E-state index contributed by atoms with van der Waals surface area (Å²) in [6.07, 6.45) is 8.60. The van der Waals surface area contributed by atoms with Gasteiger partial charge in [0.05, 0.1) is 0 Å². The molecule has 2 heteroatoms. The third-order valence-corrected chi connectivity index (χ3v) is 1.64. The van der Waals surface area contributed by atoms with Crippen molar-refractivity contribution in [3.05, 3.63) is 36.2 Å². The van der Waals surface area contributed by atoms with Crippen LogP contribution in [-0.2, 0) is 0 Å². The van der Waals surface area contributed by atoms with Crippen LogP contribution in [0.1, 0.15) is 25.8 Å². The van der Waals surface area contributed by atoms with Gasteiger partial charge in [-0.1, -0.05) is 18.2 Å². The normalized spacial score (nSPS) is 12.2. The van der Waals surface area contributed by atoms with Gasteiger partial charge in [0.1, 0.15) is 0 Å². The van der Waals surface area contributed by atoms with Crippen molar-refractivity contribution in [1.82, 2.24) is 4.98 Å². The predicted molar refractivity (Wildman–Crippen MR) is 56.2 cm³/mol. The molecule has 1 aromatic heterocycles. The number of hydrogen-bond acceptors (Lipinski definition) is 2. The molecule has 13 heavy (non-hydrogen) atoms. The molecule has 1 aromatic rings. The summed E-state index contributed by atoms with van der Waals surface area (Å²) >= 11 is 0. The summed E-state index contributed by atoms with van der Waals surface area (Å²) in [6, 6.07) is 3.94. The third kappa shape index (κ3) is 4.43. The molecule has 0 aliphatic heterocycles. The molecule has 0 radical (unpaired) electrons. The van der Waals surface area contributed by atoms with Gasteiger partial charge < -0.3 is 5.73 Å². The molecule has 0 amide bonds. The number of aromatic nitrogens is 1. The Labute approximate surface area is 79.5 Å². The monoisotopic (exact) mass is 176 g/mol. The molecule has 1 heterocycles. The number of rotatable bonds is 3. The molecule has 0 saturated heterocycles. The van der Waals surface area contributed by atoms with Crippen LogP contribution in [-0.4, -0.2) is 10.5 Å². The summed E-state index contributed by atoms with van der Waals surface area (Å²) in [6.45, 7) is 4.03. The van der Waals surface area contributed by atoms with Crippen LogP contribution in [0.25, 0.3) is 6.08 Å². The van der Waals surface area contributed by atoms with Crippen LogP contribution in [0.15, 0.2) is 30.6 Å². The Morgan fingerprint density at radius 1 is 1.54 bits per heavy atom. The summed E-state index contributed by atoms with van der Waals surface area (Å²) in [7, 11) is 0. The molecule has 2 nitrogen and oxygen atoms in total. The van der Waals surface area contributed by atoms with Gasteiger partial charge in [-0.15, -0.1) is 0 Å². The number of hydrogen-bond donors (Lipinski definition) is 1. The minimum Gasteiger partial charge on any atom is -0.325 e. The number of nitrogens with two attached hydrogens (primary N) is 1. The summed E-state index contributed by atoms with van der Waals surface area (Å²) in [5.74, 6) is 0. The van der Waals surface area contributed by atoms with E-state index in [-0.39, 0.29) is 5.54 Å². The highest BCUT2D eigenvalue weighted by Gasteiger charge is 2.06. The highest BCUT2D eigenvalue weighted by molar-refractivity contribution is 5.47. The Bertz CT molecular complexity index is 270. The highest BCUT2D eigenvalue weighted by atomic mass is 14.7. The maximum Gasteiger partial charge on any atom is 0.0340 e. The summed E-state index contributed by atoms with van der Waals surface area (Å²) < 4.78 is 0. The SMILES string of the molecule is CC(C)(N)CC=Cc1cccnc1. The molecule has 0 saturated carbocycles. The number of pyridine rings is 1. The van der Waals surface area contributed by atoms with E-state index in [1.54, 1.807) is 6.20 Å². The molecule has 0 fully saturated rings. The Morgan fingerprint density at radius 2 is 2.31 bits per heavy atom. The molecule has 2 N–H and O–H groups in total. The quantitative estimate of drug-likeness (QED) is 0.767. The molecule has 0 aromatic carbocycles. The van der Waals surface area contributed by atoms with Gasteiger partial charge in [-0.3, -0.25) is 4.98 Å². The Balaban J connectivity index is 2.51. The second kappa shape index (κ2) is 4.19. The molecule has 0 atom stereocenters. The third-order valence-electron chi connectivity index (χ3n) is 1.64. The van der Waals surface area contributed by atoms with Gasteiger partial charge in [0, 0.05) is 17.9 Å². The topological polar surface area (TPSA) is 38.9 Å². The summed E-state index contributed by atoms with van der Waals surface area (Å²) in [5.41, 5.74) is 6.82. The Hall–Kier alpha value is -1.15. The van der Waals surface area contributed by atoms with Gasteiger partial charge in [-0.05, 0) is 31.9 Å². The zero-order chi connectivity index (χ0) is 9.73. The van der Waals surface area contributed by atoms with E-state index in [0.717, 1.165) is 12.0 Å². The van der Waals surface area contributed by atoms with Crippen LogP contribution in [0.2, 0.25) is 0 Å². The molecular formula is C11H16N2. The molecule has 0 spiro atoms. The molecule has 70 valence electrons. The van der Waals surface area contributed by atoms with Gasteiger partial charge in [0.25, 0.3) is 0 Å². The lowest BCUT2D eigenvalue weighted by atomic mass is 10.0. The van der Waals surface area contributed by atoms with Gasteiger partial charge in [0.15, 0.2) is 0 Å². The predicted octanol–water partition coefficient (Wildman–Crippen LogP) is 2.22. The highest BCUT2D eigenvalue weighted by Crippen LogP contribution is 2.06. The summed E-state index contributed by atoms with van der Waals surface area (Å²) in [5, 5.41) is 0. The van der Waals surface area contributed by atoms with Crippen molar-refractivity contribution < 1.29 is 0 Å². The maximum atomic E-state index is 5.83. The first-order chi connectivity index (χ1) is 6.08. The van der Waals surface area contributed by atoms with E-state index < -0.39 is 0 Å². The zero-order valence-electron chi connectivity index (χ0n) is 8.20. The van der Waals surface area contributed by atoms with E-state index in [1.807, 2.05) is 38.3 Å². The van der Waals surface area contributed by atoms with Crippen molar-refractivity contribution in [2.75, 3.05) is 0 Å². The van der Waals surface area contributed by atoms with Crippen molar-refractivity contribution >= 4 is 6.08 Å². The fourth-order valence-electron chi connectivity index (χ4n) is 0.973. The van der Waals surface area contributed by atoms with Crippen molar-refractivity contribution in [1.29, 1.82) is 0 Å². The molecule has 0 aliphatic rings. The fraction of sp³-hybridized carbons (Fsp3) is 0.364. The van der Waals surface area contributed by atoms with Gasteiger partial charge in [0.2, 0.25) is 0 Å². The first-order valence-corrected chi connectivity index (χ1v) is 4.43. The molecule has 0 unspecified atom stereocenters. The van der Waals surface area contributed by atoms with Gasteiger partial charge in [-0.2, -0.15) is 0 Å². The zero-order valence-corrected chi connectivity index (χ0v) is 8.20. The van der Waals surface area contributed by atoms with Crippen LogP contribution in [0, 0.1) is 0 Å². The summed E-state index contributed by atoms with van der Waals surface area (Å²) in [4.78, 5) is 4.02. The molecule has 0 aliphatic carbocycles.